The molecule has 1 aliphatic rings. The van der Waals surface area contributed by atoms with E-state index in [-0.39, 0.29) is 25.6 Å². The second-order valence-electron chi connectivity index (χ2n) is 6.79. The van der Waals surface area contributed by atoms with Crippen LogP contribution in [0.25, 0.3) is 11.1 Å². The van der Waals surface area contributed by atoms with Crippen LogP contribution < -0.4 is 5.73 Å². The molecule has 3 rings (SSSR count). The van der Waals surface area contributed by atoms with E-state index in [4.69, 9.17) is 15.2 Å². The van der Waals surface area contributed by atoms with E-state index >= 15 is 0 Å². The number of halogens is 1. The van der Waals surface area contributed by atoms with E-state index in [0.717, 1.165) is 11.1 Å². The summed E-state index contributed by atoms with van der Waals surface area (Å²) in [5, 5.41) is 9.34. The van der Waals surface area contributed by atoms with Crippen molar-refractivity contribution in [3.8, 4) is 11.1 Å². The largest absolute Gasteiger partial charge is 0.465 e. The van der Waals surface area contributed by atoms with Gasteiger partial charge in [-0.05, 0) is 24.1 Å². The Hall–Kier alpha value is -2.48. The number of hydrogen-bond acceptors (Lipinski definition) is 4. The van der Waals surface area contributed by atoms with Gasteiger partial charge >= 0.3 is 6.09 Å². The molecule has 2 unspecified atom stereocenters. The number of morpholine rings is 1. The zero-order valence-electron chi connectivity index (χ0n) is 15.8. The van der Waals surface area contributed by atoms with Gasteiger partial charge in [0.25, 0.3) is 0 Å². The smallest absolute Gasteiger partial charge is 0.407 e. The molecule has 1 amide bonds. The number of rotatable bonds is 6. The maximum Gasteiger partial charge on any atom is 0.407 e. The summed E-state index contributed by atoms with van der Waals surface area (Å²) in [4.78, 5) is 12.7. The van der Waals surface area contributed by atoms with Crippen molar-refractivity contribution in [3.05, 3.63) is 59.4 Å². The first-order chi connectivity index (χ1) is 13.5. The van der Waals surface area contributed by atoms with Gasteiger partial charge in [-0.1, -0.05) is 42.0 Å². The van der Waals surface area contributed by atoms with Gasteiger partial charge in [-0.2, -0.15) is 0 Å². The van der Waals surface area contributed by atoms with Crippen LogP contribution in [0.1, 0.15) is 17.2 Å². The summed E-state index contributed by atoms with van der Waals surface area (Å²) < 4.78 is 26.7. The van der Waals surface area contributed by atoms with Gasteiger partial charge in [0.1, 0.15) is 18.0 Å². The minimum atomic E-state index is -1.01. The fourth-order valence-corrected chi connectivity index (χ4v) is 3.51. The molecule has 0 spiro atoms. The molecule has 150 valence electrons. The first-order valence-electron chi connectivity index (χ1n) is 9.28. The monoisotopic (exact) mass is 388 g/mol. The molecule has 0 bridgehead atoms. The van der Waals surface area contributed by atoms with E-state index < -0.39 is 18.3 Å². The van der Waals surface area contributed by atoms with E-state index in [1.54, 1.807) is 12.1 Å². The average molecular weight is 388 g/mol. The third-order valence-electron chi connectivity index (χ3n) is 4.78. The standard InChI is InChI=1S/C21H25FN2O4/c1-14-4-2-5-15(12-14)19-16(6-3-7-17(19)22)20(28-10-8-23)18-13-24(21(25)26)9-11-27-18/h2-7,12,18,20H,8-11,13,23H2,1H3,(H,25,26). The van der Waals surface area contributed by atoms with Crippen LogP contribution in [0.3, 0.4) is 0 Å². The molecular weight excluding hydrogens is 363 g/mol. The summed E-state index contributed by atoms with van der Waals surface area (Å²) in [6.45, 7) is 3.19. The lowest BCUT2D eigenvalue weighted by Gasteiger charge is -2.36. The highest BCUT2D eigenvalue weighted by Crippen LogP contribution is 2.36. The van der Waals surface area contributed by atoms with Gasteiger partial charge in [-0.3, -0.25) is 0 Å². The molecule has 2 atom stereocenters. The van der Waals surface area contributed by atoms with E-state index in [2.05, 4.69) is 0 Å². The van der Waals surface area contributed by atoms with Crippen LogP contribution in [0, 0.1) is 12.7 Å². The molecule has 0 radical (unpaired) electrons. The molecule has 1 fully saturated rings. The second kappa shape index (κ2) is 9.14. The topological polar surface area (TPSA) is 85.0 Å². The molecule has 6 nitrogen and oxygen atoms in total. The SMILES string of the molecule is Cc1cccc(-c2c(F)cccc2C(OCCN)C2CN(C(=O)O)CCO2)c1. The van der Waals surface area contributed by atoms with Gasteiger partial charge in [0, 0.05) is 18.7 Å². The molecule has 28 heavy (non-hydrogen) atoms. The van der Waals surface area contributed by atoms with Crippen LogP contribution in [0.15, 0.2) is 42.5 Å². The van der Waals surface area contributed by atoms with Crippen LogP contribution in [0.5, 0.6) is 0 Å². The maximum atomic E-state index is 14.9. The normalized spacial score (nSPS) is 18.1. The minimum absolute atomic E-state index is 0.147. The van der Waals surface area contributed by atoms with Gasteiger partial charge < -0.3 is 25.2 Å². The van der Waals surface area contributed by atoms with Gasteiger partial charge in [0.05, 0.1) is 19.8 Å². The summed E-state index contributed by atoms with van der Waals surface area (Å²) in [7, 11) is 0. The van der Waals surface area contributed by atoms with Crippen molar-refractivity contribution in [3.63, 3.8) is 0 Å². The number of carbonyl (C=O) groups is 1. The van der Waals surface area contributed by atoms with Gasteiger partial charge in [-0.15, -0.1) is 0 Å². The van der Waals surface area contributed by atoms with Crippen molar-refractivity contribution in [1.29, 1.82) is 0 Å². The summed E-state index contributed by atoms with van der Waals surface area (Å²) in [5.41, 5.74) is 8.42. The van der Waals surface area contributed by atoms with Crippen molar-refractivity contribution >= 4 is 6.09 Å². The average Bonchev–Trinajstić information content (AvgIpc) is 2.68. The molecule has 0 aliphatic carbocycles. The van der Waals surface area contributed by atoms with Crippen molar-refractivity contribution in [2.75, 3.05) is 32.8 Å². The van der Waals surface area contributed by atoms with E-state index in [1.165, 1.54) is 11.0 Å². The Morgan fingerprint density at radius 1 is 1.39 bits per heavy atom. The molecular formula is C21H25FN2O4. The van der Waals surface area contributed by atoms with Crippen molar-refractivity contribution < 1.29 is 23.8 Å². The summed E-state index contributed by atoms with van der Waals surface area (Å²) in [5.74, 6) is -0.365. The molecule has 1 saturated heterocycles. The quantitative estimate of drug-likeness (QED) is 0.794. The van der Waals surface area contributed by atoms with Crippen molar-refractivity contribution in [2.24, 2.45) is 5.73 Å². The maximum absolute atomic E-state index is 14.9. The predicted octanol–water partition coefficient (Wildman–Crippen LogP) is 3.20. The predicted molar refractivity (Wildman–Crippen MR) is 104 cm³/mol. The van der Waals surface area contributed by atoms with Gasteiger partial charge in [0.15, 0.2) is 0 Å². The van der Waals surface area contributed by atoms with Gasteiger partial charge in [0.2, 0.25) is 0 Å². The third kappa shape index (κ3) is 4.49. The first kappa shape index (κ1) is 20.3. The van der Waals surface area contributed by atoms with Crippen LogP contribution in [0.4, 0.5) is 9.18 Å². The number of benzene rings is 2. The Morgan fingerprint density at radius 2 is 2.18 bits per heavy atom. The van der Waals surface area contributed by atoms with Crippen molar-refractivity contribution in [1.82, 2.24) is 4.90 Å². The number of ether oxygens (including phenoxy) is 2. The Labute approximate surface area is 163 Å². The molecule has 0 aromatic heterocycles. The third-order valence-corrected chi connectivity index (χ3v) is 4.78. The van der Waals surface area contributed by atoms with E-state index in [9.17, 15) is 14.3 Å². The number of aryl methyl sites for hydroxylation is 1. The van der Waals surface area contributed by atoms with E-state index in [1.807, 2.05) is 31.2 Å². The summed E-state index contributed by atoms with van der Waals surface area (Å²) >= 11 is 0. The van der Waals surface area contributed by atoms with Crippen LogP contribution in [-0.2, 0) is 9.47 Å². The Bertz CT molecular complexity index is 830. The molecule has 0 saturated carbocycles. The molecule has 1 heterocycles. The second-order valence-corrected chi connectivity index (χ2v) is 6.79. The number of amides is 1. The fraction of sp³-hybridized carbons (Fsp3) is 0.381. The van der Waals surface area contributed by atoms with Crippen LogP contribution in [-0.4, -0.2) is 55.1 Å². The fourth-order valence-electron chi connectivity index (χ4n) is 3.51. The lowest BCUT2D eigenvalue weighted by atomic mass is 9.92. The van der Waals surface area contributed by atoms with Crippen molar-refractivity contribution in [2.45, 2.75) is 19.1 Å². The number of nitrogens with zero attached hydrogens (tertiary/aromatic N) is 1. The molecule has 3 N–H and O–H groups in total. The summed E-state index contributed by atoms with van der Waals surface area (Å²) in [6, 6.07) is 12.4. The molecule has 1 aliphatic heterocycles. The van der Waals surface area contributed by atoms with E-state index in [0.29, 0.717) is 24.2 Å². The molecule has 2 aromatic carbocycles. The van der Waals surface area contributed by atoms with Crippen LogP contribution >= 0.6 is 0 Å². The molecule has 2 aromatic rings. The van der Waals surface area contributed by atoms with Crippen LogP contribution in [0.2, 0.25) is 0 Å². The highest BCUT2D eigenvalue weighted by molar-refractivity contribution is 5.69. The highest BCUT2D eigenvalue weighted by atomic mass is 19.1. The molecule has 7 heteroatoms. The number of nitrogens with two attached hydrogens (primary N) is 1. The minimum Gasteiger partial charge on any atom is -0.465 e. The number of hydrogen-bond donors (Lipinski definition) is 2. The Balaban J connectivity index is 2.03. The zero-order valence-corrected chi connectivity index (χ0v) is 15.8. The lowest BCUT2D eigenvalue weighted by molar-refractivity contribution is -0.107. The highest BCUT2D eigenvalue weighted by Gasteiger charge is 2.34. The zero-order chi connectivity index (χ0) is 20.1. The van der Waals surface area contributed by atoms with Gasteiger partial charge in [-0.25, -0.2) is 9.18 Å². The first-order valence-corrected chi connectivity index (χ1v) is 9.28. The Kier molecular flexibility index (Phi) is 6.61. The number of carboxylic acid groups (broad SMARTS) is 1. The lowest BCUT2D eigenvalue weighted by Crippen LogP contribution is -2.47. The summed E-state index contributed by atoms with van der Waals surface area (Å²) in [6.07, 6.45) is -2.21. The Morgan fingerprint density at radius 3 is 2.89 bits per heavy atom.